The average Bonchev–Trinajstić information content (AvgIpc) is 2.48. The van der Waals surface area contributed by atoms with Gasteiger partial charge in [0.2, 0.25) is 0 Å². The van der Waals surface area contributed by atoms with Crippen LogP contribution in [0.25, 0.3) is 0 Å². The van der Waals surface area contributed by atoms with Crippen LogP contribution in [0.4, 0.5) is 0 Å². The number of ether oxygens (including phenoxy) is 1. The molecule has 0 amide bonds. The number of aryl methyl sites for hydroxylation is 1. The Morgan fingerprint density at radius 1 is 1.15 bits per heavy atom. The van der Waals surface area contributed by atoms with E-state index >= 15 is 0 Å². The number of benzene rings is 2. The van der Waals surface area contributed by atoms with Crippen LogP contribution in [-0.2, 0) is 6.42 Å². The largest absolute Gasteiger partial charge is 0.497 e. The zero-order valence-corrected chi connectivity index (χ0v) is 12.5. The molecule has 0 saturated heterocycles. The molecular weight excluding hydrogens is 272 g/mol. The van der Waals surface area contributed by atoms with Gasteiger partial charge < -0.3 is 9.84 Å². The molecule has 1 unspecified atom stereocenters. The number of aliphatic hydroxyl groups excluding tert-OH is 1. The Morgan fingerprint density at radius 2 is 1.85 bits per heavy atom. The van der Waals surface area contributed by atoms with E-state index in [1.807, 2.05) is 49.4 Å². The molecule has 2 rings (SSSR count). The van der Waals surface area contributed by atoms with Crippen molar-refractivity contribution in [2.75, 3.05) is 7.11 Å². The van der Waals surface area contributed by atoms with Gasteiger partial charge in [-0.15, -0.1) is 0 Å². The van der Waals surface area contributed by atoms with Crippen LogP contribution in [0.1, 0.15) is 29.2 Å². The zero-order valence-electron chi connectivity index (χ0n) is 11.8. The molecule has 0 heterocycles. The van der Waals surface area contributed by atoms with Crippen LogP contribution >= 0.6 is 11.6 Å². The predicted molar refractivity (Wildman–Crippen MR) is 82.5 cm³/mol. The minimum atomic E-state index is -0.490. The third kappa shape index (κ3) is 3.53. The summed E-state index contributed by atoms with van der Waals surface area (Å²) in [6.45, 7) is 1.94. The Labute approximate surface area is 125 Å². The fraction of sp³-hybridized carbons (Fsp3) is 0.294. The van der Waals surface area contributed by atoms with Crippen LogP contribution in [-0.4, -0.2) is 12.2 Å². The molecule has 0 aliphatic heterocycles. The van der Waals surface area contributed by atoms with Crippen molar-refractivity contribution in [2.24, 2.45) is 0 Å². The molecule has 20 heavy (non-hydrogen) atoms. The van der Waals surface area contributed by atoms with E-state index in [1.165, 1.54) is 5.56 Å². The van der Waals surface area contributed by atoms with Gasteiger partial charge in [0.05, 0.1) is 13.2 Å². The van der Waals surface area contributed by atoms with Gasteiger partial charge in [-0.1, -0.05) is 35.9 Å². The van der Waals surface area contributed by atoms with E-state index in [9.17, 15) is 5.11 Å². The second-order valence-corrected chi connectivity index (χ2v) is 5.26. The van der Waals surface area contributed by atoms with Crippen molar-refractivity contribution >= 4 is 11.6 Å². The second kappa shape index (κ2) is 6.78. The van der Waals surface area contributed by atoms with Crippen LogP contribution in [0.2, 0.25) is 5.02 Å². The summed E-state index contributed by atoms with van der Waals surface area (Å²) in [6, 6.07) is 13.6. The summed E-state index contributed by atoms with van der Waals surface area (Å²) in [4.78, 5) is 0. The topological polar surface area (TPSA) is 29.5 Å². The molecule has 0 saturated carbocycles. The average molecular weight is 291 g/mol. The minimum Gasteiger partial charge on any atom is -0.497 e. The van der Waals surface area contributed by atoms with Crippen molar-refractivity contribution in [2.45, 2.75) is 25.9 Å². The smallest absolute Gasteiger partial charge is 0.118 e. The van der Waals surface area contributed by atoms with E-state index in [2.05, 4.69) is 0 Å². The molecule has 0 bridgehead atoms. The summed E-state index contributed by atoms with van der Waals surface area (Å²) in [5, 5.41) is 11.0. The molecular formula is C17H19ClO2. The predicted octanol–water partition coefficient (Wildman–Crippen LogP) is 4.32. The fourth-order valence-corrected chi connectivity index (χ4v) is 2.42. The molecule has 1 atom stereocenters. The SMILES string of the molecule is COc1ccc(CCC(O)c2cccc(Cl)c2C)cc1. The first-order chi connectivity index (χ1) is 9.61. The highest BCUT2D eigenvalue weighted by Crippen LogP contribution is 2.27. The number of rotatable bonds is 5. The van der Waals surface area contributed by atoms with Gasteiger partial charge in [0.1, 0.15) is 5.75 Å². The number of halogens is 1. The zero-order chi connectivity index (χ0) is 14.5. The summed E-state index contributed by atoms with van der Waals surface area (Å²) >= 11 is 6.08. The lowest BCUT2D eigenvalue weighted by atomic mass is 9.98. The van der Waals surface area contributed by atoms with Crippen molar-refractivity contribution in [3.05, 3.63) is 64.2 Å². The molecule has 3 heteroatoms. The molecule has 0 aromatic heterocycles. The lowest BCUT2D eigenvalue weighted by molar-refractivity contribution is 0.167. The summed E-state index contributed by atoms with van der Waals surface area (Å²) in [6.07, 6.45) is 1.00. The summed E-state index contributed by atoms with van der Waals surface area (Å²) in [5.74, 6) is 0.847. The van der Waals surface area contributed by atoms with Crippen LogP contribution < -0.4 is 4.74 Å². The summed E-state index contributed by atoms with van der Waals surface area (Å²) in [7, 11) is 1.65. The third-order valence-electron chi connectivity index (χ3n) is 3.53. The van der Waals surface area contributed by atoms with Gasteiger partial charge in [-0.3, -0.25) is 0 Å². The van der Waals surface area contributed by atoms with Crippen molar-refractivity contribution in [1.29, 1.82) is 0 Å². The standard InChI is InChI=1S/C17H19ClO2/c1-12-15(4-3-5-16(12)18)17(19)11-8-13-6-9-14(20-2)10-7-13/h3-7,9-10,17,19H,8,11H2,1-2H3. The highest BCUT2D eigenvalue weighted by Gasteiger charge is 2.12. The highest BCUT2D eigenvalue weighted by atomic mass is 35.5. The number of methoxy groups -OCH3 is 1. The molecule has 2 aromatic carbocycles. The van der Waals surface area contributed by atoms with Crippen molar-refractivity contribution in [3.8, 4) is 5.75 Å². The normalized spacial score (nSPS) is 12.2. The van der Waals surface area contributed by atoms with E-state index < -0.39 is 6.10 Å². The first-order valence-electron chi connectivity index (χ1n) is 6.68. The Bertz CT molecular complexity index is 564. The monoisotopic (exact) mass is 290 g/mol. The third-order valence-corrected chi connectivity index (χ3v) is 3.94. The summed E-state index contributed by atoms with van der Waals surface area (Å²) < 4.78 is 5.13. The Kier molecular flexibility index (Phi) is 5.05. The van der Waals surface area contributed by atoms with Gasteiger partial charge in [-0.05, 0) is 54.7 Å². The molecule has 0 fully saturated rings. The van der Waals surface area contributed by atoms with Gasteiger partial charge in [0.15, 0.2) is 0 Å². The summed E-state index contributed by atoms with van der Waals surface area (Å²) in [5.41, 5.74) is 3.05. The number of aliphatic hydroxyl groups is 1. The van der Waals surface area contributed by atoms with E-state index in [1.54, 1.807) is 7.11 Å². The maximum absolute atomic E-state index is 10.3. The maximum Gasteiger partial charge on any atom is 0.118 e. The molecule has 0 aliphatic carbocycles. The van der Waals surface area contributed by atoms with E-state index in [0.717, 1.165) is 23.3 Å². The van der Waals surface area contributed by atoms with Crippen LogP contribution in [0.3, 0.4) is 0 Å². The first-order valence-corrected chi connectivity index (χ1v) is 7.05. The second-order valence-electron chi connectivity index (χ2n) is 4.86. The minimum absolute atomic E-state index is 0.490. The molecule has 0 radical (unpaired) electrons. The van der Waals surface area contributed by atoms with Gasteiger partial charge in [-0.2, -0.15) is 0 Å². The van der Waals surface area contributed by atoms with E-state index in [4.69, 9.17) is 16.3 Å². The Balaban J connectivity index is 2.00. The quantitative estimate of drug-likeness (QED) is 0.888. The molecule has 106 valence electrons. The fourth-order valence-electron chi connectivity index (χ4n) is 2.24. The molecule has 0 aliphatic rings. The Hall–Kier alpha value is -1.51. The molecule has 2 aromatic rings. The molecule has 1 N–H and O–H groups in total. The maximum atomic E-state index is 10.3. The van der Waals surface area contributed by atoms with Crippen molar-refractivity contribution in [1.82, 2.24) is 0 Å². The van der Waals surface area contributed by atoms with Crippen LogP contribution in [0, 0.1) is 6.92 Å². The van der Waals surface area contributed by atoms with Crippen molar-refractivity contribution < 1.29 is 9.84 Å². The van der Waals surface area contributed by atoms with E-state index in [-0.39, 0.29) is 0 Å². The van der Waals surface area contributed by atoms with Gasteiger partial charge in [-0.25, -0.2) is 0 Å². The highest BCUT2D eigenvalue weighted by molar-refractivity contribution is 6.31. The van der Waals surface area contributed by atoms with Crippen molar-refractivity contribution in [3.63, 3.8) is 0 Å². The van der Waals surface area contributed by atoms with Crippen LogP contribution in [0.5, 0.6) is 5.75 Å². The van der Waals surface area contributed by atoms with Gasteiger partial charge in [0, 0.05) is 5.02 Å². The molecule has 2 nitrogen and oxygen atoms in total. The lowest BCUT2D eigenvalue weighted by Gasteiger charge is -2.14. The number of hydrogen-bond donors (Lipinski definition) is 1. The number of hydrogen-bond acceptors (Lipinski definition) is 2. The first kappa shape index (κ1) is 14.9. The van der Waals surface area contributed by atoms with Gasteiger partial charge >= 0.3 is 0 Å². The van der Waals surface area contributed by atoms with Crippen LogP contribution in [0.15, 0.2) is 42.5 Å². The Morgan fingerprint density at radius 3 is 2.50 bits per heavy atom. The van der Waals surface area contributed by atoms with E-state index in [0.29, 0.717) is 11.4 Å². The van der Waals surface area contributed by atoms with Gasteiger partial charge in [0.25, 0.3) is 0 Å². The molecule has 0 spiro atoms. The lowest BCUT2D eigenvalue weighted by Crippen LogP contribution is -2.02.